The van der Waals surface area contributed by atoms with Gasteiger partial charge in [-0.15, -0.1) is 0 Å². The van der Waals surface area contributed by atoms with Crippen molar-refractivity contribution in [1.29, 1.82) is 0 Å². The fourth-order valence-corrected chi connectivity index (χ4v) is 6.98. The fraction of sp³-hybridized carbons (Fsp3) is 0.394. The summed E-state index contributed by atoms with van der Waals surface area (Å²) in [5, 5.41) is 3.14. The molecule has 0 heterocycles. The molecule has 4 rings (SSSR count). The van der Waals surface area contributed by atoms with Crippen molar-refractivity contribution in [3.63, 3.8) is 0 Å². The SMILES string of the molecule is CCC(C(=O)NC1CCCC1)N(Cc1ccc(OC)cc1)C(=O)CN(c1cc(C)cc(C)c1)S(=O)(=O)c1ccccc1. The van der Waals surface area contributed by atoms with Crippen LogP contribution in [-0.4, -0.2) is 50.9 Å². The molecule has 0 aliphatic heterocycles. The molecule has 0 bridgehead atoms. The van der Waals surface area contributed by atoms with E-state index in [0.717, 1.165) is 46.7 Å². The predicted molar refractivity (Wildman–Crippen MR) is 165 cm³/mol. The van der Waals surface area contributed by atoms with E-state index in [-0.39, 0.29) is 23.4 Å². The Hall–Kier alpha value is -3.85. The van der Waals surface area contributed by atoms with Crippen LogP contribution in [-0.2, 0) is 26.2 Å². The van der Waals surface area contributed by atoms with Gasteiger partial charge in [-0.3, -0.25) is 13.9 Å². The summed E-state index contributed by atoms with van der Waals surface area (Å²) in [6.45, 7) is 5.34. The Morgan fingerprint density at radius 2 is 1.57 bits per heavy atom. The third kappa shape index (κ3) is 7.50. The summed E-state index contributed by atoms with van der Waals surface area (Å²) < 4.78 is 34.5. The first kappa shape index (κ1) is 31.1. The number of hydrogen-bond donors (Lipinski definition) is 1. The van der Waals surface area contributed by atoms with E-state index in [2.05, 4.69) is 5.32 Å². The number of anilines is 1. The van der Waals surface area contributed by atoms with Gasteiger partial charge in [-0.2, -0.15) is 0 Å². The number of benzene rings is 3. The van der Waals surface area contributed by atoms with Crippen molar-refractivity contribution < 1.29 is 22.7 Å². The second-order valence-electron chi connectivity index (χ2n) is 11.0. The quantitative estimate of drug-likeness (QED) is 0.305. The lowest BCUT2D eigenvalue weighted by molar-refractivity contribution is -0.140. The van der Waals surface area contributed by atoms with Crippen LogP contribution < -0.4 is 14.4 Å². The maximum atomic E-state index is 14.3. The number of ether oxygens (including phenoxy) is 1. The van der Waals surface area contributed by atoms with Gasteiger partial charge >= 0.3 is 0 Å². The molecule has 0 radical (unpaired) electrons. The van der Waals surface area contributed by atoms with E-state index in [9.17, 15) is 18.0 Å². The first-order valence-corrected chi connectivity index (χ1v) is 15.9. The van der Waals surface area contributed by atoms with Crippen LogP contribution in [0.4, 0.5) is 5.69 Å². The maximum Gasteiger partial charge on any atom is 0.264 e. The lowest BCUT2D eigenvalue weighted by Crippen LogP contribution is -2.53. The molecule has 224 valence electrons. The third-order valence-electron chi connectivity index (χ3n) is 7.70. The van der Waals surface area contributed by atoms with Crippen LogP contribution >= 0.6 is 0 Å². The first-order chi connectivity index (χ1) is 20.1. The molecule has 0 spiro atoms. The highest BCUT2D eigenvalue weighted by molar-refractivity contribution is 7.92. The smallest absolute Gasteiger partial charge is 0.264 e. The third-order valence-corrected chi connectivity index (χ3v) is 9.49. The van der Waals surface area contributed by atoms with E-state index in [1.165, 1.54) is 17.0 Å². The van der Waals surface area contributed by atoms with Crippen molar-refractivity contribution in [3.05, 3.63) is 89.5 Å². The number of methoxy groups -OCH3 is 1. The van der Waals surface area contributed by atoms with Crippen LogP contribution in [0.3, 0.4) is 0 Å². The standard InChI is InChI=1S/C33H41N3O5S/c1-5-31(33(38)34-27-11-9-10-12-27)35(22-26-15-17-29(41-4)18-16-26)32(37)23-36(28-20-24(2)19-25(3)21-28)42(39,40)30-13-7-6-8-14-30/h6-8,13-21,27,31H,5,9-12,22-23H2,1-4H3,(H,34,38). The van der Waals surface area contributed by atoms with Crippen LogP contribution in [0.25, 0.3) is 0 Å². The van der Waals surface area contributed by atoms with Gasteiger partial charge in [-0.05, 0) is 86.2 Å². The van der Waals surface area contributed by atoms with Crippen LogP contribution in [0, 0.1) is 13.8 Å². The molecule has 1 unspecified atom stereocenters. The summed E-state index contributed by atoms with van der Waals surface area (Å²) >= 11 is 0. The van der Waals surface area contributed by atoms with Crippen molar-refractivity contribution in [2.24, 2.45) is 0 Å². The summed E-state index contributed by atoms with van der Waals surface area (Å²) in [7, 11) is -2.52. The van der Waals surface area contributed by atoms with Gasteiger partial charge in [0.1, 0.15) is 18.3 Å². The van der Waals surface area contributed by atoms with Crippen molar-refractivity contribution in [2.45, 2.75) is 76.4 Å². The highest BCUT2D eigenvalue weighted by Crippen LogP contribution is 2.27. The number of aryl methyl sites for hydroxylation is 2. The van der Waals surface area contributed by atoms with Crippen LogP contribution in [0.2, 0.25) is 0 Å². The van der Waals surface area contributed by atoms with Crippen LogP contribution in [0.5, 0.6) is 5.75 Å². The molecule has 42 heavy (non-hydrogen) atoms. The molecule has 1 aliphatic rings. The maximum absolute atomic E-state index is 14.3. The van der Waals surface area contributed by atoms with Gasteiger partial charge in [-0.25, -0.2) is 8.42 Å². The van der Waals surface area contributed by atoms with Gasteiger partial charge in [0.2, 0.25) is 11.8 Å². The minimum Gasteiger partial charge on any atom is -0.497 e. The van der Waals surface area contributed by atoms with Gasteiger partial charge in [0.05, 0.1) is 17.7 Å². The normalized spacial score (nSPS) is 14.3. The van der Waals surface area contributed by atoms with Crippen molar-refractivity contribution >= 4 is 27.5 Å². The van der Waals surface area contributed by atoms with Crippen molar-refractivity contribution in [3.8, 4) is 5.75 Å². The van der Waals surface area contributed by atoms with Crippen molar-refractivity contribution in [2.75, 3.05) is 18.0 Å². The molecule has 2 amide bonds. The lowest BCUT2D eigenvalue weighted by atomic mass is 10.1. The molecular weight excluding hydrogens is 550 g/mol. The molecule has 1 atom stereocenters. The second kappa shape index (κ2) is 13.9. The summed E-state index contributed by atoms with van der Waals surface area (Å²) in [6, 6.07) is 20.2. The molecule has 3 aromatic carbocycles. The van der Waals surface area contributed by atoms with Gasteiger partial charge < -0.3 is 15.0 Å². The van der Waals surface area contributed by atoms with Gasteiger partial charge in [0.25, 0.3) is 10.0 Å². The zero-order valence-corrected chi connectivity index (χ0v) is 25.7. The molecule has 1 fully saturated rings. The number of carbonyl (C=O) groups is 2. The number of nitrogens with one attached hydrogen (secondary N) is 1. The molecule has 1 N–H and O–H groups in total. The predicted octanol–water partition coefficient (Wildman–Crippen LogP) is 5.37. The van der Waals surface area contributed by atoms with E-state index in [4.69, 9.17) is 4.74 Å². The zero-order valence-electron chi connectivity index (χ0n) is 24.9. The molecule has 3 aromatic rings. The Labute approximate surface area is 249 Å². The Morgan fingerprint density at radius 3 is 2.14 bits per heavy atom. The van der Waals surface area contributed by atoms with Gasteiger partial charge in [0.15, 0.2) is 0 Å². The van der Waals surface area contributed by atoms with Gasteiger partial charge in [-0.1, -0.05) is 56.2 Å². The highest BCUT2D eigenvalue weighted by Gasteiger charge is 2.34. The Kier molecular flexibility index (Phi) is 10.3. The Balaban J connectivity index is 1.72. The number of hydrogen-bond acceptors (Lipinski definition) is 5. The Bertz CT molecular complexity index is 1450. The molecule has 1 aliphatic carbocycles. The minimum atomic E-state index is -4.10. The summed E-state index contributed by atoms with van der Waals surface area (Å²) in [4.78, 5) is 29.4. The average Bonchev–Trinajstić information content (AvgIpc) is 3.49. The number of amides is 2. The first-order valence-electron chi connectivity index (χ1n) is 14.5. The number of rotatable bonds is 12. The fourth-order valence-electron chi connectivity index (χ4n) is 5.56. The van der Waals surface area contributed by atoms with Gasteiger partial charge in [0, 0.05) is 12.6 Å². The van der Waals surface area contributed by atoms with Crippen LogP contribution in [0.15, 0.2) is 77.7 Å². The topological polar surface area (TPSA) is 96.0 Å². The monoisotopic (exact) mass is 591 g/mol. The van der Waals surface area contributed by atoms with E-state index < -0.39 is 28.5 Å². The number of carbonyl (C=O) groups excluding carboxylic acids is 2. The van der Waals surface area contributed by atoms with E-state index in [1.54, 1.807) is 49.6 Å². The van der Waals surface area contributed by atoms with E-state index in [1.807, 2.05) is 39.0 Å². The lowest BCUT2D eigenvalue weighted by Gasteiger charge is -2.34. The number of nitrogens with zero attached hydrogens (tertiary/aromatic N) is 2. The molecule has 0 saturated heterocycles. The summed E-state index contributed by atoms with van der Waals surface area (Å²) in [5.74, 6) is 0.00521. The molecular formula is C33H41N3O5S. The largest absolute Gasteiger partial charge is 0.497 e. The summed E-state index contributed by atoms with van der Waals surface area (Å²) in [6.07, 6.45) is 4.36. The molecule has 1 saturated carbocycles. The highest BCUT2D eigenvalue weighted by atomic mass is 32.2. The molecule has 9 heteroatoms. The van der Waals surface area contributed by atoms with E-state index in [0.29, 0.717) is 17.9 Å². The Morgan fingerprint density at radius 1 is 0.952 bits per heavy atom. The molecule has 8 nitrogen and oxygen atoms in total. The zero-order chi connectivity index (χ0) is 30.3. The molecule has 0 aromatic heterocycles. The summed E-state index contributed by atoms with van der Waals surface area (Å²) in [5.41, 5.74) is 2.96. The van der Waals surface area contributed by atoms with E-state index >= 15 is 0 Å². The minimum absolute atomic E-state index is 0.0877. The average molecular weight is 592 g/mol. The van der Waals surface area contributed by atoms with Crippen molar-refractivity contribution in [1.82, 2.24) is 10.2 Å². The number of sulfonamides is 1. The van der Waals surface area contributed by atoms with Crippen LogP contribution in [0.1, 0.15) is 55.7 Å². The second-order valence-corrected chi connectivity index (χ2v) is 12.8.